The van der Waals surface area contributed by atoms with E-state index in [1.54, 1.807) is 6.07 Å². The lowest BCUT2D eigenvalue weighted by atomic mass is 9.43. The van der Waals surface area contributed by atoms with Crippen LogP contribution in [0.2, 0.25) is 0 Å². The lowest BCUT2D eigenvalue weighted by molar-refractivity contribution is -0.309. The van der Waals surface area contributed by atoms with E-state index < -0.39 is 89.1 Å². The van der Waals surface area contributed by atoms with Gasteiger partial charge >= 0.3 is 11.6 Å². The molecule has 2 heterocycles. The Bertz CT molecular complexity index is 1340. The van der Waals surface area contributed by atoms with Crippen LogP contribution in [0, 0.1) is 16.7 Å². The summed E-state index contributed by atoms with van der Waals surface area (Å²) in [4.78, 5) is 23.9. The maximum absolute atomic E-state index is 12.7. The summed E-state index contributed by atoms with van der Waals surface area (Å²) >= 11 is 0. The molecule has 12 heteroatoms. The molecule has 4 aliphatic carbocycles. The molecule has 13 atom stereocenters. The lowest BCUT2D eigenvalue weighted by Crippen LogP contribution is -2.71. The van der Waals surface area contributed by atoms with Crippen molar-refractivity contribution in [2.45, 2.75) is 126 Å². The van der Waals surface area contributed by atoms with Crippen LogP contribution in [0.3, 0.4) is 0 Å². The molecular formula is C32H44O12. The highest BCUT2D eigenvalue weighted by atomic mass is 16.7. The monoisotopic (exact) mass is 620 g/mol. The summed E-state index contributed by atoms with van der Waals surface area (Å²) < 4.78 is 22.6. The van der Waals surface area contributed by atoms with Gasteiger partial charge in [-0.15, -0.1) is 0 Å². The average molecular weight is 621 g/mol. The summed E-state index contributed by atoms with van der Waals surface area (Å²) in [5.41, 5.74) is -3.29. The van der Waals surface area contributed by atoms with Crippen LogP contribution in [-0.4, -0.2) is 97.3 Å². The average Bonchev–Trinajstić information content (AvgIpc) is 3.20. The molecule has 0 aromatic carbocycles. The summed E-state index contributed by atoms with van der Waals surface area (Å²) in [5, 5.41) is 65.7. The van der Waals surface area contributed by atoms with E-state index >= 15 is 0 Å². The Morgan fingerprint density at radius 1 is 1.05 bits per heavy atom. The van der Waals surface area contributed by atoms with Crippen molar-refractivity contribution < 1.29 is 54.1 Å². The van der Waals surface area contributed by atoms with Crippen LogP contribution in [0.25, 0.3) is 0 Å². The van der Waals surface area contributed by atoms with Crippen molar-refractivity contribution in [1.29, 1.82) is 0 Å². The molecule has 244 valence electrons. The van der Waals surface area contributed by atoms with Gasteiger partial charge in [0.2, 0.25) is 0 Å². The van der Waals surface area contributed by atoms with Crippen molar-refractivity contribution in [3.63, 3.8) is 0 Å². The number of carbonyl (C=O) groups excluding carboxylic acids is 1. The van der Waals surface area contributed by atoms with Crippen LogP contribution in [0.4, 0.5) is 0 Å². The zero-order valence-corrected chi connectivity index (χ0v) is 25.3. The second-order valence-corrected chi connectivity index (χ2v) is 14.0. The molecular weight excluding hydrogens is 576 g/mol. The largest absolute Gasteiger partial charge is 0.462 e. The Labute approximate surface area is 255 Å². The van der Waals surface area contributed by atoms with E-state index in [0.29, 0.717) is 37.7 Å². The first-order valence-corrected chi connectivity index (χ1v) is 15.6. The Kier molecular flexibility index (Phi) is 7.94. The first kappa shape index (κ1) is 31.8. The highest BCUT2D eigenvalue weighted by Crippen LogP contribution is 2.71. The number of allylic oxidation sites excluding steroid dienone is 1. The van der Waals surface area contributed by atoms with Gasteiger partial charge in [-0.25, -0.2) is 4.79 Å². The summed E-state index contributed by atoms with van der Waals surface area (Å²) in [7, 11) is 0. The Morgan fingerprint density at radius 2 is 1.80 bits per heavy atom. The summed E-state index contributed by atoms with van der Waals surface area (Å²) in [6, 6.07) is 2.95. The molecule has 6 N–H and O–H groups in total. The second-order valence-electron chi connectivity index (χ2n) is 14.0. The highest BCUT2D eigenvalue weighted by molar-refractivity contribution is 5.66. The molecule has 0 spiro atoms. The van der Waals surface area contributed by atoms with E-state index in [4.69, 9.17) is 18.6 Å². The molecule has 5 aliphatic rings. The molecule has 12 nitrogen and oxygen atoms in total. The molecule has 1 saturated heterocycles. The molecule has 0 unspecified atom stereocenters. The molecule has 0 radical (unpaired) electrons. The SMILES string of the molecule is CC(=O)O[C@@H]1C[C@@]2(O)[C@](C)(CC[C@H]3[C@]4(C)CC[C@H](O[C@@H]5O[C@H](CO)[C@@H](O)[C@H](O)[C@H]5O)C=C4CC[C@]32O)[C@H]1c1ccc(=O)oc1. The van der Waals surface area contributed by atoms with Gasteiger partial charge in [-0.3, -0.25) is 4.79 Å². The van der Waals surface area contributed by atoms with Crippen molar-refractivity contribution in [2.24, 2.45) is 16.7 Å². The van der Waals surface area contributed by atoms with Crippen LogP contribution in [0.15, 0.2) is 39.3 Å². The van der Waals surface area contributed by atoms with Crippen molar-refractivity contribution in [3.05, 3.63) is 46.0 Å². The number of aliphatic hydroxyl groups is 6. The Hall–Kier alpha value is -2.16. The topological polar surface area (TPSA) is 196 Å². The van der Waals surface area contributed by atoms with Gasteiger partial charge in [0.1, 0.15) is 36.1 Å². The number of rotatable bonds is 5. The number of fused-ring (bicyclic) bond motifs is 5. The second kappa shape index (κ2) is 11.0. The zero-order chi connectivity index (χ0) is 31.8. The normalized spacial score (nSPS) is 48.5. The summed E-state index contributed by atoms with van der Waals surface area (Å²) in [5.74, 6) is -1.31. The first-order valence-electron chi connectivity index (χ1n) is 15.6. The van der Waals surface area contributed by atoms with Gasteiger partial charge < -0.3 is 49.3 Å². The molecule has 1 aromatic heterocycles. The van der Waals surface area contributed by atoms with E-state index in [-0.39, 0.29) is 18.8 Å². The van der Waals surface area contributed by atoms with Gasteiger partial charge in [0.25, 0.3) is 0 Å². The van der Waals surface area contributed by atoms with Crippen molar-refractivity contribution in [3.8, 4) is 0 Å². The third-order valence-electron chi connectivity index (χ3n) is 11.9. The van der Waals surface area contributed by atoms with Crippen LogP contribution < -0.4 is 5.63 Å². The number of hydrogen-bond acceptors (Lipinski definition) is 12. The minimum absolute atomic E-state index is 0.0395. The van der Waals surface area contributed by atoms with Crippen molar-refractivity contribution in [2.75, 3.05) is 6.61 Å². The smallest absolute Gasteiger partial charge is 0.335 e. The highest BCUT2D eigenvalue weighted by Gasteiger charge is 2.76. The fourth-order valence-corrected chi connectivity index (χ4v) is 9.64. The Morgan fingerprint density at radius 3 is 2.45 bits per heavy atom. The van der Waals surface area contributed by atoms with Gasteiger partial charge in [-0.2, -0.15) is 0 Å². The van der Waals surface area contributed by atoms with E-state index in [2.05, 4.69) is 6.92 Å². The number of carbonyl (C=O) groups is 1. The van der Waals surface area contributed by atoms with Gasteiger partial charge in [-0.1, -0.05) is 25.5 Å². The van der Waals surface area contributed by atoms with Gasteiger partial charge in [-0.05, 0) is 61.5 Å². The number of aliphatic hydroxyl groups excluding tert-OH is 4. The summed E-state index contributed by atoms with van der Waals surface area (Å²) in [6.07, 6.45) is -1.66. The van der Waals surface area contributed by atoms with Gasteiger partial charge in [0, 0.05) is 30.7 Å². The standard InChI is InChI=1S/C32H44O12/c1-16(34)42-20-13-32(40)30(3,24(20)17-4-5-23(35)41-15-17)10-8-22-29(2)9-7-19(12-18(29)6-11-31(22,32)39)43-28-27(38)26(37)25(36)21(14-33)44-28/h4-5,12,15,19-22,24-28,33,36-40H,6-11,13-14H2,1-3H3/t19-,20+,21+,22-,24-,25+,26-,27+,28+,29+,30+,31-,32+/m0/s1. The molecule has 0 amide bonds. The van der Waals surface area contributed by atoms with Crippen molar-refractivity contribution >= 4 is 5.97 Å². The quantitative estimate of drug-likeness (QED) is 0.199. The molecule has 44 heavy (non-hydrogen) atoms. The predicted octanol–water partition coefficient (Wildman–Crippen LogP) is 0.643. The number of esters is 1. The molecule has 3 saturated carbocycles. The maximum Gasteiger partial charge on any atom is 0.335 e. The van der Waals surface area contributed by atoms with E-state index in [1.807, 2.05) is 13.0 Å². The summed E-state index contributed by atoms with van der Waals surface area (Å²) in [6.45, 7) is 4.80. The molecule has 1 aliphatic heterocycles. The van der Waals surface area contributed by atoms with Crippen LogP contribution in [0.1, 0.15) is 77.2 Å². The van der Waals surface area contributed by atoms with Gasteiger partial charge in [0.15, 0.2) is 6.29 Å². The maximum atomic E-state index is 12.7. The van der Waals surface area contributed by atoms with E-state index in [1.165, 1.54) is 19.3 Å². The van der Waals surface area contributed by atoms with E-state index in [9.17, 15) is 40.2 Å². The predicted molar refractivity (Wildman–Crippen MR) is 152 cm³/mol. The minimum atomic E-state index is -1.61. The first-order chi connectivity index (χ1) is 20.7. The molecule has 1 aromatic rings. The third kappa shape index (κ3) is 4.56. The zero-order valence-electron chi connectivity index (χ0n) is 25.3. The molecule has 0 bridgehead atoms. The minimum Gasteiger partial charge on any atom is -0.462 e. The molecule has 6 rings (SSSR count). The fraction of sp³-hybridized carbons (Fsp3) is 0.750. The van der Waals surface area contributed by atoms with Crippen LogP contribution >= 0.6 is 0 Å². The van der Waals surface area contributed by atoms with Crippen LogP contribution in [-0.2, 0) is 19.0 Å². The van der Waals surface area contributed by atoms with Gasteiger partial charge in [0.05, 0.1) is 24.6 Å². The van der Waals surface area contributed by atoms with E-state index in [0.717, 1.165) is 5.57 Å². The number of ether oxygens (including phenoxy) is 3. The molecule has 4 fully saturated rings. The number of hydrogen-bond donors (Lipinski definition) is 6. The Balaban J connectivity index is 1.29. The third-order valence-corrected chi connectivity index (χ3v) is 11.9. The van der Waals surface area contributed by atoms with Crippen LogP contribution in [0.5, 0.6) is 0 Å². The van der Waals surface area contributed by atoms with Crippen molar-refractivity contribution in [1.82, 2.24) is 0 Å². The lowest BCUT2D eigenvalue weighted by Gasteiger charge is -2.65. The fourth-order valence-electron chi connectivity index (χ4n) is 9.64.